The molecule has 1 heterocycles. The van der Waals surface area contributed by atoms with Crippen LogP contribution in [0.3, 0.4) is 0 Å². The van der Waals surface area contributed by atoms with Gasteiger partial charge in [0.05, 0.1) is 13.0 Å². The predicted molar refractivity (Wildman–Crippen MR) is 139 cm³/mol. The molecule has 4 fully saturated rings. The number of likely N-dealkylation sites (tertiary alicyclic amines) is 1. The highest BCUT2D eigenvalue weighted by molar-refractivity contribution is 5.77. The largest absolute Gasteiger partial charge is 0.465 e. The number of fused-ring (bicyclic) bond motifs is 5. The first-order valence-corrected chi connectivity index (χ1v) is 14.1. The lowest BCUT2D eigenvalue weighted by atomic mass is 9.47. The summed E-state index contributed by atoms with van der Waals surface area (Å²) in [5.74, 6) is 3.44. The quantitative estimate of drug-likeness (QED) is 0.461. The number of benzene rings is 1. The van der Waals surface area contributed by atoms with Gasteiger partial charge in [-0.3, -0.25) is 9.59 Å². The SMILES string of the molecule is CC(C)c1ccc(CC(=O)OCC2CC[C@H]3[C@@H]4CC[C@H]5N(C)C(=O)CC[C@]5(C)[C@H]4CC[C@]23C)cc1. The first-order valence-electron chi connectivity index (χ1n) is 14.1. The highest BCUT2D eigenvalue weighted by Gasteiger charge is 2.61. The molecule has 1 saturated heterocycles. The zero-order chi connectivity index (χ0) is 25.0. The van der Waals surface area contributed by atoms with Gasteiger partial charge < -0.3 is 9.64 Å². The molecule has 5 rings (SSSR count). The van der Waals surface area contributed by atoms with Gasteiger partial charge in [-0.1, -0.05) is 52.0 Å². The van der Waals surface area contributed by atoms with E-state index >= 15 is 0 Å². The summed E-state index contributed by atoms with van der Waals surface area (Å²) in [6.45, 7) is 9.93. The molecule has 0 radical (unpaired) electrons. The van der Waals surface area contributed by atoms with E-state index in [-0.39, 0.29) is 16.8 Å². The summed E-state index contributed by atoms with van der Waals surface area (Å²) in [6.07, 6.45) is 9.49. The van der Waals surface area contributed by atoms with Gasteiger partial charge in [0.2, 0.25) is 5.91 Å². The van der Waals surface area contributed by atoms with Crippen molar-refractivity contribution in [3.63, 3.8) is 0 Å². The lowest BCUT2D eigenvalue weighted by Gasteiger charge is -2.61. The van der Waals surface area contributed by atoms with Crippen LogP contribution in [0.5, 0.6) is 0 Å². The first kappa shape index (κ1) is 24.8. The molecular formula is C31H45NO3. The molecule has 35 heavy (non-hydrogen) atoms. The van der Waals surface area contributed by atoms with Crippen molar-refractivity contribution >= 4 is 11.9 Å². The number of piperidine rings is 1. The number of hydrogen-bond donors (Lipinski definition) is 0. The highest BCUT2D eigenvalue weighted by atomic mass is 16.5. The number of carbonyl (C=O) groups excluding carboxylic acids is 2. The summed E-state index contributed by atoms with van der Waals surface area (Å²) in [5, 5.41) is 0. The van der Waals surface area contributed by atoms with Gasteiger partial charge in [0, 0.05) is 19.5 Å². The Labute approximate surface area is 212 Å². The molecule has 0 spiro atoms. The summed E-state index contributed by atoms with van der Waals surface area (Å²) in [7, 11) is 2.04. The third-order valence-corrected chi connectivity index (χ3v) is 11.2. The Bertz CT molecular complexity index is 954. The summed E-state index contributed by atoms with van der Waals surface area (Å²) in [4.78, 5) is 27.2. The van der Waals surface area contributed by atoms with Crippen LogP contribution in [0.15, 0.2) is 24.3 Å². The Balaban J connectivity index is 1.21. The van der Waals surface area contributed by atoms with Crippen LogP contribution in [-0.2, 0) is 20.7 Å². The van der Waals surface area contributed by atoms with E-state index in [4.69, 9.17) is 4.74 Å². The fourth-order valence-corrected chi connectivity index (χ4v) is 8.96. The lowest BCUT2D eigenvalue weighted by molar-refractivity contribution is -0.160. The van der Waals surface area contributed by atoms with Crippen LogP contribution in [0.2, 0.25) is 0 Å². The Morgan fingerprint density at radius 3 is 2.43 bits per heavy atom. The number of ether oxygens (including phenoxy) is 1. The van der Waals surface area contributed by atoms with Crippen LogP contribution < -0.4 is 0 Å². The van der Waals surface area contributed by atoms with E-state index in [0.717, 1.165) is 36.2 Å². The normalized spacial score (nSPS) is 38.6. The number of hydrogen-bond acceptors (Lipinski definition) is 3. The molecule has 192 valence electrons. The highest BCUT2D eigenvalue weighted by Crippen LogP contribution is 2.66. The molecule has 3 aliphatic carbocycles. The van der Waals surface area contributed by atoms with E-state index < -0.39 is 0 Å². The Kier molecular flexibility index (Phi) is 6.55. The van der Waals surface area contributed by atoms with Gasteiger partial charge in [-0.2, -0.15) is 0 Å². The van der Waals surface area contributed by atoms with Gasteiger partial charge in [-0.05, 0) is 96.5 Å². The molecule has 1 aliphatic heterocycles. The number of nitrogens with zero attached hydrogens (tertiary/aromatic N) is 1. The van der Waals surface area contributed by atoms with E-state index in [1.54, 1.807) is 0 Å². The van der Waals surface area contributed by atoms with Crippen LogP contribution in [-0.4, -0.2) is 36.5 Å². The molecule has 1 unspecified atom stereocenters. The van der Waals surface area contributed by atoms with Crippen molar-refractivity contribution < 1.29 is 14.3 Å². The van der Waals surface area contributed by atoms with E-state index in [1.165, 1.54) is 37.7 Å². The number of carbonyl (C=O) groups is 2. The Hall–Kier alpha value is -1.84. The van der Waals surface area contributed by atoms with Gasteiger partial charge in [0.1, 0.15) is 0 Å². The number of esters is 1. The van der Waals surface area contributed by atoms with Gasteiger partial charge >= 0.3 is 5.97 Å². The van der Waals surface area contributed by atoms with Crippen molar-refractivity contribution in [2.24, 2.45) is 34.5 Å². The monoisotopic (exact) mass is 479 g/mol. The van der Waals surface area contributed by atoms with Crippen molar-refractivity contribution in [2.75, 3.05) is 13.7 Å². The second-order valence-electron chi connectivity index (χ2n) is 13.1. The van der Waals surface area contributed by atoms with Crippen molar-refractivity contribution in [1.82, 2.24) is 4.90 Å². The van der Waals surface area contributed by atoms with Crippen molar-refractivity contribution in [3.8, 4) is 0 Å². The van der Waals surface area contributed by atoms with Crippen molar-refractivity contribution in [1.29, 1.82) is 0 Å². The van der Waals surface area contributed by atoms with E-state index in [0.29, 0.717) is 43.2 Å². The summed E-state index contributed by atoms with van der Waals surface area (Å²) in [6, 6.07) is 8.81. The van der Waals surface area contributed by atoms with Crippen LogP contribution in [0.25, 0.3) is 0 Å². The Morgan fingerprint density at radius 2 is 1.71 bits per heavy atom. The molecule has 1 aromatic carbocycles. The fourth-order valence-electron chi connectivity index (χ4n) is 8.96. The molecule has 0 bridgehead atoms. The average Bonchev–Trinajstić information content (AvgIpc) is 3.17. The van der Waals surface area contributed by atoms with Crippen LogP contribution in [0.4, 0.5) is 0 Å². The molecule has 3 saturated carbocycles. The maximum Gasteiger partial charge on any atom is 0.310 e. The van der Waals surface area contributed by atoms with Gasteiger partial charge in [0.25, 0.3) is 0 Å². The minimum atomic E-state index is -0.0917. The van der Waals surface area contributed by atoms with Crippen molar-refractivity contribution in [2.45, 2.75) is 97.4 Å². The molecule has 0 N–H and O–H groups in total. The van der Waals surface area contributed by atoms with Crippen molar-refractivity contribution in [3.05, 3.63) is 35.4 Å². The van der Waals surface area contributed by atoms with Gasteiger partial charge in [-0.25, -0.2) is 0 Å². The summed E-state index contributed by atoms with van der Waals surface area (Å²) < 4.78 is 5.91. The minimum absolute atomic E-state index is 0.0917. The van der Waals surface area contributed by atoms with Gasteiger partial charge in [0.15, 0.2) is 0 Å². The number of rotatable bonds is 5. The second kappa shape index (κ2) is 9.23. The minimum Gasteiger partial charge on any atom is -0.465 e. The number of amides is 1. The van der Waals surface area contributed by atoms with E-state index in [9.17, 15) is 9.59 Å². The summed E-state index contributed by atoms with van der Waals surface area (Å²) >= 11 is 0. The first-order chi connectivity index (χ1) is 16.6. The molecule has 1 aromatic rings. The average molecular weight is 480 g/mol. The van der Waals surface area contributed by atoms with E-state index in [2.05, 4.69) is 56.9 Å². The topological polar surface area (TPSA) is 46.6 Å². The molecule has 4 aliphatic rings. The molecular weight excluding hydrogens is 434 g/mol. The smallest absolute Gasteiger partial charge is 0.310 e. The summed E-state index contributed by atoms with van der Waals surface area (Å²) in [5.41, 5.74) is 2.89. The fraction of sp³-hybridized carbons (Fsp3) is 0.742. The van der Waals surface area contributed by atoms with E-state index in [1.807, 2.05) is 7.05 Å². The van der Waals surface area contributed by atoms with Crippen LogP contribution in [0, 0.1) is 34.5 Å². The maximum atomic E-state index is 12.7. The zero-order valence-corrected chi connectivity index (χ0v) is 22.5. The Morgan fingerprint density at radius 1 is 1.00 bits per heavy atom. The van der Waals surface area contributed by atoms with Crippen LogP contribution in [0.1, 0.15) is 96.1 Å². The molecule has 0 aromatic heterocycles. The molecule has 7 atom stereocenters. The van der Waals surface area contributed by atoms with Gasteiger partial charge in [-0.15, -0.1) is 0 Å². The predicted octanol–water partition coefficient (Wildman–Crippen LogP) is 6.38. The second-order valence-corrected chi connectivity index (χ2v) is 13.1. The third kappa shape index (κ3) is 4.23. The molecule has 1 amide bonds. The van der Waals surface area contributed by atoms with Crippen LogP contribution >= 0.6 is 0 Å². The lowest BCUT2D eigenvalue weighted by Crippen LogP contribution is -2.61. The standard InChI is InChI=1S/C31H45NO3/c1-20(2)22-8-6-21(7-9-22)18-29(34)35-19-23-10-12-25-24-11-13-27-31(4,17-15-28(33)32(27)5)26(24)14-16-30(23,25)3/h6-9,20,23-27H,10-19H2,1-5H3/t23?,24-,25-,26-,27+,30+,31+/m0/s1. The third-order valence-electron chi connectivity index (χ3n) is 11.2. The molecule has 4 heteroatoms. The molecule has 4 nitrogen and oxygen atoms in total. The zero-order valence-electron chi connectivity index (χ0n) is 22.5. The maximum absolute atomic E-state index is 12.7.